The Kier molecular flexibility index (Phi) is 4.91. The van der Waals surface area contributed by atoms with Crippen molar-refractivity contribution in [2.45, 2.75) is 38.9 Å². The van der Waals surface area contributed by atoms with Crippen LogP contribution in [0.3, 0.4) is 0 Å². The van der Waals surface area contributed by atoms with Crippen molar-refractivity contribution >= 4 is 15.7 Å². The molecule has 0 saturated carbocycles. The van der Waals surface area contributed by atoms with Crippen LogP contribution < -0.4 is 0 Å². The van der Waals surface area contributed by atoms with Crippen LogP contribution in [0.2, 0.25) is 0 Å². The van der Waals surface area contributed by atoms with Gasteiger partial charge >= 0.3 is 0 Å². The number of hydrogen-bond acceptors (Lipinski definition) is 6. The second kappa shape index (κ2) is 6.37. The first-order valence-corrected chi connectivity index (χ1v) is 9.11. The molecule has 0 spiro atoms. The number of carbonyl (C=O) groups is 1. The molecule has 7 nitrogen and oxygen atoms in total. The molecular formula is C14H23N3O4S. The average molecular weight is 329 g/mol. The van der Waals surface area contributed by atoms with Gasteiger partial charge in [-0.25, -0.2) is 8.42 Å². The molecule has 0 aliphatic carbocycles. The van der Waals surface area contributed by atoms with Crippen LogP contribution in [0.5, 0.6) is 0 Å². The third-order valence-corrected chi connectivity index (χ3v) is 5.96. The minimum atomic E-state index is -3.00. The highest BCUT2D eigenvalue weighted by Gasteiger charge is 2.34. The Morgan fingerprint density at radius 2 is 2.18 bits per heavy atom. The Labute approximate surface area is 131 Å². The van der Waals surface area contributed by atoms with Crippen molar-refractivity contribution < 1.29 is 17.7 Å². The summed E-state index contributed by atoms with van der Waals surface area (Å²) in [6.45, 7) is 4.13. The topological polar surface area (TPSA) is 83.7 Å². The van der Waals surface area contributed by atoms with Crippen molar-refractivity contribution in [1.82, 2.24) is 15.0 Å². The molecule has 1 amide bonds. The zero-order valence-corrected chi connectivity index (χ0v) is 14.3. The van der Waals surface area contributed by atoms with Gasteiger partial charge in [0.2, 0.25) is 5.91 Å². The molecule has 1 aromatic heterocycles. The molecular weight excluding hydrogens is 306 g/mol. The van der Waals surface area contributed by atoms with E-state index in [4.69, 9.17) is 4.52 Å². The molecule has 2 unspecified atom stereocenters. The summed E-state index contributed by atoms with van der Waals surface area (Å²) in [5.41, 5.74) is 0.769. The first kappa shape index (κ1) is 17.0. The number of amides is 1. The third-order valence-electron chi connectivity index (χ3n) is 4.21. The van der Waals surface area contributed by atoms with Crippen molar-refractivity contribution in [3.8, 4) is 0 Å². The van der Waals surface area contributed by atoms with E-state index in [0.29, 0.717) is 13.0 Å². The lowest BCUT2D eigenvalue weighted by atomic mass is 10.2. The van der Waals surface area contributed by atoms with Gasteiger partial charge in [-0.2, -0.15) is 0 Å². The van der Waals surface area contributed by atoms with E-state index >= 15 is 0 Å². The smallest absolute Gasteiger partial charge is 0.239 e. The Hall–Kier alpha value is -1.41. The van der Waals surface area contributed by atoms with Crippen molar-refractivity contribution in [2.75, 3.05) is 25.6 Å². The largest absolute Gasteiger partial charge is 0.361 e. The molecule has 1 fully saturated rings. The van der Waals surface area contributed by atoms with Gasteiger partial charge in [-0.15, -0.1) is 0 Å². The van der Waals surface area contributed by atoms with E-state index in [0.717, 1.165) is 11.5 Å². The zero-order valence-electron chi connectivity index (χ0n) is 13.4. The van der Waals surface area contributed by atoms with E-state index in [1.165, 1.54) is 0 Å². The summed E-state index contributed by atoms with van der Waals surface area (Å²) in [4.78, 5) is 16.0. The minimum Gasteiger partial charge on any atom is -0.361 e. The fourth-order valence-electron chi connectivity index (χ4n) is 2.63. The third kappa shape index (κ3) is 3.86. The molecule has 0 bridgehead atoms. The summed E-state index contributed by atoms with van der Waals surface area (Å²) in [7, 11) is 0.522. The predicted molar refractivity (Wildman–Crippen MR) is 82.0 cm³/mol. The molecule has 124 valence electrons. The number of carbonyl (C=O) groups excluding carboxylic acids is 1. The molecule has 1 aromatic rings. The van der Waals surface area contributed by atoms with Crippen LogP contribution >= 0.6 is 0 Å². The quantitative estimate of drug-likeness (QED) is 0.780. The van der Waals surface area contributed by atoms with Crippen LogP contribution in [-0.4, -0.2) is 67.0 Å². The highest BCUT2D eigenvalue weighted by atomic mass is 32.2. The standard InChI is InChI=1S/C14H23N3O4S/c1-10-7-12(15-21-10)8-16(3)11(2)14(18)17(4)13-5-6-22(19,20)9-13/h7,11,13H,5-6,8-9H2,1-4H3. The number of aromatic nitrogens is 1. The second-order valence-corrected chi connectivity index (χ2v) is 8.25. The molecule has 8 heteroatoms. The van der Waals surface area contributed by atoms with Crippen LogP contribution in [0, 0.1) is 6.92 Å². The van der Waals surface area contributed by atoms with Crippen LogP contribution in [0.25, 0.3) is 0 Å². The van der Waals surface area contributed by atoms with Crippen molar-refractivity contribution in [1.29, 1.82) is 0 Å². The fourth-order valence-corrected chi connectivity index (χ4v) is 4.40. The van der Waals surface area contributed by atoms with E-state index in [-0.39, 0.29) is 29.5 Å². The Bertz CT molecular complexity index is 640. The Balaban J connectivity index is 1.96. The average Bonchev–Trinajstić information content (AvgIpc) is 3.01. The van der Waals surface area contributed by atoms with Crippen molar-refractivity contribution in [3.63, 3.8) is 0 Å². The zero-order chi connectivity index (χ0) is 16.5. The number of hydrogen-bond donors (Lipinski definition) is 0. The van der Waals surface area contributed by atoms with E-state index in [1.807, 2.05) is 31.9 Å². The number of aryl methyl sites for hydroxylation is 1. The summed E-state index contributed by atoms with van der Waals surface area (Å²) in [5.74, 6) is 0.881. The molecule has 0 radical (unpaired) electrons. The number of sulfone groups is 1. The van der Waals surface area contributed by atoms with Crippen LogP contribution in [0.4, 0.5) is 0 Å². The van der Waals surface area contributed by atoms with Gasteiger partial charge in [0, 0.05) is 25.7 Å². The molecule has 1 aliphatic rings. The van der Waals surface area contributed by atoms with Gasteiger partial charge in [-0.3, -0.25) is 9.69 Å². The normalized spacial score (nSPS) is 22.0. The highest BCUT2D eigenvalue weighted by molar-refractivity contribution is 7.91. The van der Waals surface area contributed by atoms with Gasteiger partial charge in [0.25, 0.3) is 0 Å². The summed E-state index contributed by atoms with van der Waals surface area (Å²) in [6, 6.07) is 1.26. The van der Waals surface area contributed by atoms with Gasteiger partial charge < -0.3 is 9.42 Å². The molecule has 2 atom stereocenters. The molecule has 22 heavy (non-hydrogen) atoms. The van der Waals surface area contributed by atoms with Gasteiger partial charge in [0.1, 0.15) is 5.76 Å². The lowest BCUT2D eigenvalue weighted by Crippen LogP contribution is -2.48. The van der Waals surface area contributed by atoms with E-state index in [1.54, 1.807) is 11.9 Å². The minimum absolute atomic E-state index is 0.0636. The van der Waals surface area contributed by atoms with Crippen molar-refractivity contribution in [3.05, 3.63) is 17.5 Å². The summed E-state index contributed by atoms with van der Waals surface area (Å²) in [6.07, 6.45) is 0.517. The molecule has 2 rings (SSSR count). The predicted octanol–water partition coefficient (Wildman–Crippen LogP) is 0.449. The van der Waals surface area contributed by atoms with Gasteiger partial charge in [0.05, 0.1) is 23.2 Å². The molecule has 1 aliphatic heterocycles. The highest BCUT2D eigenvalue weighted by Crippen LogP contribution is 2.18. The van der Waals surface area contributed by atoms with Gasteiger partial charge in [-0.1, -0.05) is 5.16 Å². The van der Waals surface area contributed by atoms with Gasteiger partial charge in [-0.05, 0) is 27.3 Å². The Morgan fingerprint density at radius 3 is 2.68 bits per heavy atom. The van der Waals surface area contributed by atoms with Gasteiger partial charge in [0.15, 0.2) is 9.84 Å². The maximum absolute atomic E-state index is 12.5. The maximum atomic E-state index is 12.5. The maximum Gasteiger partial charge on any atom is 0.239 e. The molecule has 2 heterocycles. The summed E-state index contributed by atoms with van der Waals surface area (Å²) >= 11 is 0. The second-order valence-electron chi connectivity index (χ2n) is 6.03. The van der Waals surface area contributed by atoms with Crippen LogP contribution in [-0.2, 0) is 21.2 Å². The molecule has 0 N–H and O–H groups in total. The first-order chi connectivity index (χ1) is 10.2. The van der Waals surface area contributed by atoms with E-state index in [2.05, 4.69) is 5.16 Å². The monoisotopic (exact) mass is 329 g/mol. The SMILES string of the molecule is Cc1cc(CN(C)C(C)C(=O)N(C)C2CCS(=O)(=O)C2)no1. The van der Waals surface area contributed by atoms with Crippen molar-refractivity contribution in [2.24, 2.45) is 0 Å². The lowest BCUT2D eigenvalue weighted by molar-refractivity contribution is -0.136. The number of likely N-dealkylation sites (N-methyl/N-ethyl adjacent to an activating group) is 2. The summed E-state index contributed by atoms with van der Waals surface area (Å²) in [5, 5.41) is 3.92. The van der Waals surface area contributed by atoms with Crippen LogP contribution in [0.15, 0.2) is 10.6 Å². The van der Waals surface area contributed by atoms with E-state index in [9.17, 15) is 13.2 Å². The Morgan fingerprint density at radius 1 is 1.50 bits per heavy atom. The number of nitrogens with zero attached hydrogens (tertiary/aromatic N) is 3. The number of rotatable bonds is 5. The lowest BCUT2D eigenvalue weighted by Gasteiger charge is -2.30. The first-order valence-electron chi connectivity index (χ1n) is 7.29. The van der Waals surface area contributed by atoms with Crippen LogP contribution in [0.1, 0.15) is 24.8 Å². The fraction of sp³-hybridized carbons (Fsp3) is 0.714. The molecule has 0 aromatic carbocycles. The van der Waals surface area contributed by atoms with E-state index < -0.39 is 9.84 Å². The molecule has 1 saturated heterocycles. The summed E-state index contributed by atoms with van der Waals surface area (Å²) < 4.78 is 28.1.